The Labute approximate surface area is 97.1 Å². The molecule has 0 rings (SSSR count). The van der Waals surface area contributed by atoms with Crippen molar-refractivity contribution in [1.82, 2.24) is 10.2 Å². The van der Waals surface area contributed by atoms with Crippen molar-refractivity contribution < 1.29 is 14.3 Å². The van der Waals surface area contributed by atoms with Crippen molar-refractivity contribution in [2.24, 2.45) is 5.92 Å². The van der Waals surface area contributed by atoms with Gasteiger partial charge in [0.15, 0.2) is 0 Å². The first-order valence-electron chi connectivity index (χ1n) is 5.42. The fourth-order valence-electron chi connectivity index (χ4n) is 1.37. The van der Waals surface area contributed by atoms with Gasteiger partial charge in [0.1, 0.15) is 0 Å². The van der Waals surface area contributed by atoms with E-state index >= 15 is 0 Å². The first kappa shape index (κ1) is 14.9. The number of amides is 1. The lowest BCUT2D eigenvalue weighted by Crippen LogP contribution is -2.40. The molecule has 0 heterocycles. The average Bonchev–Trinajstić information content (AvgIpc) is 2.32. The fourth-order valence-corrected chi connectivity index (χ4v) is 1.37. The van der Waals surface area contributed by atoms with E-state index in [0.29, 0.717) is 13.0 Å². The maximum absolute atomic E-state index is 11.3. The Morgan fingerprint density at radius 1 is 1.38 bits per heavy atom. The largest absolute Gasteiger partial charge is 0.469 e. The van der Waals surface area contributed by atoms with Crippen LogP contribution < -0.4 is 5.32 Å². The average molecular weight is 230 g/mol. The van der Waals surface area contributed by atoms with Crippen LogP contribution in [0.25, 0.3) is 0 Å². The van der Waals surface area contributed by atoms with Crippen LogP contribution in [0.5, 0.6) is 0 Å². The molecule has 0 bridgehead atoms. The summed E-state index contributed by atoms with van der Waals surface area (Å²) >= 11 is 0. The number of rotatable bonds is 6. The Bertz CT molecular complexity index is 243. The van der Waals surface area contributed by atoms with Crippen LogP contribution in [0, 0.1) is 5.92 Å². The number of nitrogens with one attached hydrogen (secondary N) is 1. The first-order chi connectivity index (χ1) is 7.43. The van der Waals surface area contributed by atoms with Gasteiger partial charge in [-0.3, -0.25) is 9.59 Å². The molecule has 0 aliphatic carbocycles. The maximum atomic E-state index is 11.3. The van der Waals surface area contributed by atoms with Crippen molar-refractivity contribution in [2.75, 3.05) is 27.7 Å². The topological polar surface area (TPSA) is 58.6 Å². The lowest BCUT2D eigenvalue weighted by Gasteiger charge is -2.28. The molecular formula is C11H22N2O3. The van der Waals surface area contributed by atoms with Crippen molar-refractivity contribution >= 4 is 11.9 Å². The quantitative estimate of drug-likeness (QED) is 0.665. The van der Waals surface area contributed by atoms with Gasteiger partial charge in [-0.2, -0.15) is 0 Å². The van der Waals surface area contributed by atoms with Crippen LogP contribution in [0.3, 0.4) is 0 Å². The van der Waals surface area contributed by atoms with E-state index < -0.39 is 0 Å². The van der Waals surface area contributed by atoms with Crippen LogP contribution in [-0.2, 0) is 14.3 Å². The number of esters is 1. The molecule has 0 fully saturated rings. The number of carbonyl (C=O) groups is 2. The summed E-state index contributed by atoms with van der Waals surface area (Å²) in [6.07, 6.45) is 0.436. The molecule has 5 heteroatoms. The molecule has 94 valence electrons. The van der Waals surface area contributed by atoms with Gasteiger partial charge in [-0.25, -0.2) is 0 Å². The number of nitrogens with zero attached hydrogens (tertiary/aromatic N) is 1. The molecule has 0 aliphatic rings. The van der Waals surface area contributed by atoms with Gasteiger partial charge >= 0.3 is 5.97 Å². The summed E-state index contributed by atoms with van der Waals surface area (Å²) in [5.41, 5.74) is 0. The van der Waals surface area contributed by atoms with E-state index in [1.807, 2.05) is 25.8 Å². The highest BCUT2D eigenvalue weighted by Gasteiger charge is 2.24. The molecule has 0 aliphatic heterocycles. The molecule has 0 saturated heterocycles. The zero-order valence-electron chi connectivity index (χ0n) is 10.7. The van der Waals surface area contributed by atoms with Crippen molar-refractivity contribution in [3.05, 3.63) is 0 Å². The molecule has 1 amide bonds. The normalized spacial score (nSPS) is 14.4. The molecule has 1 N–H and O–H groups in total. The van der Waals surface area contributed by atoms with Crippen molar-refractivity contribution in [3.63, 3.8) is 0 Å². The van der Waals surface area contributed by atoms with Gasteiger partial charge in [0, 0.05) is 26.1 Å². The predicted octanol–water partition coefficient (Wildman–Crippen LogP) is 0.252. The van der Waals surface area contributed by atoms with Gasteiger partial charge in [-0.15, -0.1) is 0 Å². The lowest BCUT2D eigenvalue weighted by atomic mass is 10.0. The zero-order chi connectivity index (χ0) is 12.7. The molecule has 0 radical (unpaired) electrons. The van der Waals surface area contributed by atoms with E-state index in [0.717, 1.165) is 0 Å². The highest BCUT2D eigenvalue weighted by Crippen LogP contribution is 2.11. The van der Waals surface area contributed by atoms with Gasteiger partial charge < -0.3 is 15.0 Å². The second-order valence-electron chi connectivity index (χ2n) is 3.96. The van der Waals surface area contributed by atoms with E-state index in [9.17, 15) is 9.59 Å². The molecule has 0 aromatic heterocycles. The molecule has 2 unspecified atom stereocenters. The molecule has 16 heavy (non-hydrogen) atoms. The van der Waals surface area contributed by atoms with E-state index in [1.165, 1.54) is 7.11 Å². The van der Waals surface area contributed by atoms with Crippen LogP contribution in [0.2, 0.25) is 0 Å². The summed E-state index contributed by atoms with van der Waals surface area (Å²) in [6, 6.07) is 0.0529. The number of methoxy groups -OCH3 is 1. The fraction of sp³-hybridized carbons (Fsp3) is 0.818. The van der Waals surface area contributed by atoms with Gasteiger partial charge in [-0.05, 0) is 14.0 Å². The summed E-state index contributed by atoms with van der Waals surface area (Å²) in [4.78, 5) is 24.4. The summed E-state index contributed by atoms with van der Waals surface area (Å²) in [5, 5.41) is 2.57. The third-order valence-electron chi connectivity index (χ3n) is 2.96. The number of hydrogen-bond acceptors (Lipinski definition) is 4. The van der Waals surface area contributed by atoms with Gasteiger partial charge in [0.25, 0.3) is 0 Å². The highest BCUT2D eigenvalue weighted by molar-refractivity contribution is 5.75. The first-order valence-corrected chi connectivity index (χ1v) is 5.42. The van der Waals surface area contributed by atoms with E-state index in [4.69, 9.17) is 0 Å². The van der Waals surface area contributed by atoms with Crippen molar-refractivity contribution in [2.45, 2.75) is 26.3 Å². The van der Waals surface area contributed by atoms with Crippen LogP contribution in [0.4, 0.5) is 0 Å². The second-order valence-corrected chi connectivity index (χ2v) is 3.96. The molecule has 0 aromatic rings. The molecular weight excluding hydrogens is 208 g/mol. The molecule has 2 atom stereocenters. The minimum absolute atomic E-state index is 0.00442. The summed E-state index contributed by atoms with van der Waals surface area (Å²) in [6.45, 7) is 4.40. The molecule has 0 aromatic carbocycles. The number of hydrogen-bond donors (Lipinski definition) is 1. The monoisotopic (exact) mass is 230 g/mol. The smallest absolute Gasteiger partial charge is 0.309 e. The Morgan fingerprint density at radius 3 is 2.38 bits per heavy atom. The SMILES string of the molecule is CNC(=O)CCN(C)C(C)C(C)C(=O)OC. The highest BCUT2D eigenvalue weighted by atomic mass is 16.5. The van der Waals surface area contributed by atoms with Gasteiger partial charge in [-0.1, -0.05) is 6.92 Å². The van der Waals surface area contributed by atoms with Crippen molar-refractivity contribution in [1.29, 1.82) is 0 Å². The second kappa shape index (κ2) is 7.22. The van der Waals surface area contributed by atoms with Gasteiger partial charge in [0.2, 0.25) is 5.91 Å². The summed E-state index contributed by atoms with van der Waals surface area (Å²) in [5.74, 6) is -0.413. The third kappa shape index (κ3) is 4.61. The predicted molar refractivity (Wildman–Crippen MR) is 62.0 cm³/mol. The standard InChI is InChI=1S/C11H22N2O3/c1-8(11(15)16-5)9(2)13(4)7-6-10(14)12-3/h8-9H,6-7H2,1-5H3,(H,12,14). The minimum Gasteiger partial charge on any atom is -0.469 e. The van der Waals surface area contributed by atoms with Crippen molar-refractivity contribution in [3.8, 4) is 0 Å². The van der Waals surface area contributed by atoms with E-state index in [1.54, 1.807) is 7.05 Å². The Balaban J connectivity index is 4.12. The number of carbonyl (C=O) groups excluding carboxylic acids is 2. The summed E-state index contributed by atoms with van der Waals surface area (Å²) < 4.78 is 4.69. The molecule has 5 nitrogen and oxygen atoms in total. The number of ether oxygens (including phenoxy) is 1. The summed E-state index contributed by atoms with van der Waals surface area (Å²) in [7, 11) is 4.89. The Kier molecular flexibility index (Phi) is 6.72. The third-order valence-corrected chi connectivity index (χ3v) is 2.96. The van der Waals surface area contributed by atoms with E-state index in [-0.39, 0.29) is 23.8 Å². The van der Waals surface area contributed by atoms with E-state index in [2.05, 4.69) is 10.1 Å². The maximum Gasteiger partial charge on any atom is 0.309 e. The Morgan fingerprint density at radius 2 is 1.94 bits per heavy atom. The van der Waals surface area contributed by atoms with Crippen LogP contribution in [-0.4, -0.2) is 50.6 Å². The van der Waals surface area contributed by atoms with Crippen LogP contribution >= 0.6 is 0 Å². The lowest BCUT2D eigenvalue weighted by molar-refractivity contribution is -0.146. The zero-order valence-corrected chi connectivity index (χ0v) is 10.7. The molecule has 0 saturated carbocycles. The molecule has 0 spiro atoms. The van der Waals surface area contributed by atoms with Gasteiger partial charge in [0.05, 0.1) is 13.0 Å². The minimum atomic E-state index is -0.223. The van der Waals surface area contributed by atoms with Crippen LogP contribution in [0.1, 0.15) is 20.3 Å². The Hall–Kier alpha value is -1.10. The van der Waals surface area contributed by atoms with Crippen LogP contribution in [0.15, 0.2) is 0 Å².